The predicted octanol–water partition coefficient (Wildman–Crippen LogP) is -0.658. The van der Waals surface area contributed by atoms with E-state index in [4.69, 9.17) is 0 Å². The number of nitrogens with one attached hydrogen (secondary N) is 1. The molecular formula is C12H17N3O4S. The first kappa shape index (κ1) is 14.9. The van der Waals surface area contributed by atoms with Crippen molar-refractivity contribution < 1.29 is 18.3 Å². The number of carbonyl (C=O) groups excluding carboxylic acids is 1. The molecule has 110 valence electrons. The summed E-state index contributed by atoms with van der Waals surface area (Å²) in [6, 6.07) is 4.25. The largest absolute Gasteiger partial charge is 0.390 e. The third-order valence-electron chi connectivity index (χ3n) is 3.30. The highest BCUT2D eigenvalue weighted by Crippen LogP contribution is 2.19. The summed E-state index contributed by atoms with van der Waals surface area (Å²) in [6.45, 7) is 0.247. The van der Waals surface area contributed by atoms with Crippen molar-refractivity contribution in [1.82, 2.24) is 14.6 Å². The molecule has 7 nitrogen and oxygen atoms in total. The van der Waals surface area contributed by atoms with Crippen LogP contribution in [0, 0.1) is 0 Å². The van der Waals surface area contributed by atoms with Crippen LogP contribution in [0.4, 0.5) is 0 Å². The second-order valence-corrected chi connectivity index (χ2v) is 6.52. The van der Waals surface area contributed by atoms with Crippen LogP contribution in [0.3, 0.4) is 0 Å². The summed E-state index contributed by atoms with van der Waals surface area (Å²) >= 11 is 0. The van der Waals surface area contributed by atoms with E-state index in [9.17, 15) is 18.3 Å². The zero-order valence-corrected chi connectivity index (χ0v) is 11.7. The quantitative estimate of drug-likeness (QED) is 0.719. The van der Waals surface area contributed by atoms with Crippen molar-refractivity contribution >= 4 is 16.4 Å². The van der Waals surface area contributed by atoms with E-state index < -0.39 is 22.2 Å². The van der Waals surface area contributed by atoms with Gasteiger partial charge in [-0.3, -0.25) is 4.79 Å². The Morgan fingerprint density at radius 2 is 2.25 bits per heavy atom. The minimum atomic E-state index is -3.71. The highest BCUT2D eigenvalue weighted by molar-refractivity contribution is 7.89. The minimum absolute atomic E-state index is 0.0333. The lowest BCUT2D eigenvalue weighted by molar-refractivity contribution is -0.110. The van der Waals surface area contributed by atoms with Gasteiger partial charge in [0, 0.05) is 19.3 Å². The molecule has 2 N–H and O–H groups in total. The van der Waals surface area contributed by atoms with E-state index in [2.05, 4.69) is 10.3 Å². The number of aliphatic hydroxyl groups excluding tert-OH is 1. The van der Waals surface area contributed by atoms with Crippen molar-refractivity contribution in [2.75, 3.05) is 13.1 Å². The lowest BCUT2D eigenvalue weighted by atomic mass is 10.1. The molecule has 1 fully saturated rings. The number of β-amino-alcohol motifs (C(OH)–C–C–N with tert-alkyl or cyclic N) is 1. The van der Waals surface area contributed by atoms with Gasteiger partial charge in [-0.1, -0.05) is 6.07 Å². The first-order valence-corrected chi connectivity index (χ1v) is 7.78. The second-order valence-electron chi connectivity index (χ2n) is 4.63. The van der Waals surface area contributed by atoms with Crippen molar-refractivity contribution in [3.05, 3.63) is 24.4 Å². The normalized spacial score (nSPS) is 24.9. The van der Waals surface area contributed by atoms with Gasteiger partial charge in [0.15, 0.2) is 5.03 Å². The molecule has 8 heteroatoms. The number of aromatic nitrogens is 1. The molecule has 1 amide bonds. The van der Waals surface area contributed by atoms with Gasteiger partial charge < -0.3 is 10.4 Å². The van der Waals surface area contributed by atoms with Gasteiger partial charge in [0.25, 0.3) is 10.0 Å². The number of aliphatic hydroxyl groups is 1. The number of amides is 1. The average molecular weight is 299 g/mol. The van der Waals surface area contributed by atoms with Crippen LogP contribution in [0.1, 0.15) is 12.8 Å². The van der Waals surface area contributed by atoms with Crippen LogP contribution in [-0.4, -0.2) is 54.5 Å². The Morgan fingerprint density at radius 1 is 1.45 bits per heavy atom. The maximum atomic E-state index is 12.4. The molecule has 1 aliphatic heterocycles. The maximum Gasteiger partial charge on any atom is 0.260 e. The second kappa shape index (κ2) is 6.29. The van der Waals surface area contributed by atoms with E-state index in [0.29, 0.717) is 25.8 Å². The Hall–Kier alpha value is -1.51. The zero-order chi connectivity index (χ0) is 14.6. The van der Waals surface area contributed by atoms with E-state index in [1.807, 2.05) is 0 Å². The van der Waals surface area contributed by atoms with Crippen LogP contribution >= 0.6 is 0 Å². The standard InChI is InChI=1S/C12H17N3O4S/c16-9-14-10-4-3-7-15(8-11(10)17)20(18,19)12-5-1-2-6-13-12/h1-2,5-6,9-11,17H,3-4,7-8H2,(H,14,16). The fraction of sp³-hybridized carbons (Fsp3) is 0.500. The predicted molar refractivity (Wildman–Crippen MR) is 71.2 cm³/mol. The molecule has 20 heavy (non-hydrogen) atoms. The molecule has 2 rings (SSSR count). The average Bonchev–Trinajstić information content (AvgIpc) is 2.63. The van der Waals surface area contributed by atoms with Gasteiger partial charge in [-0.2, -0.15) is 4.31 Å². The minimum Gasteiger partial charge on any atom is -0.390 e. The SMILES string of the molecule is O=CNC1CCCN(S(=O)(=O)c2ccccn2)CC1O. The Balaban J connectivity index is 2.19. The maximum absolute atomic E-state index is 12.4. The summed E-state index contributed by atoms with van der Waals surface area (Å²) in [5.74, 6) is 0. The lowest BCUT2D eigenvalue weighted by Gasteiger charge is -2.23. The summed E-state index contributed by atoms with van der Waals surface area (Å²) in [4.78, 5) is 14.3. The summed E-state index contributed by atoms with van der Waals surface area (Å²) in [7, 11) is -3.71. The fourth-order valence-corrected chi connectivity index (χ4v) is 3.67. The van der Waals surface area contributed by atoms with Crippen molar-refractivity contribution in [2.24, 2.45) is 0 Å². The molecule has 1 aromatic heterocycles. The van der Waals surface area contributed by atoms with Crippen LogP contribution in [0.25, 0.3) is 0 Å². The summed E-state index contributed by atoms with van der Waals surface area (Å²) < 4.78 is 26.0. The van der Waals surface area contributed by atoms with Crippen LogP contribution in [0.15, 0.2) is 29.4 Å². The first-order chi connectivity index (χ1) is 9.55. The van der Waals surface area contributed by atoms with Crippen LogP contribution in [0.2, 0.25) is 0 Å². The van der Waals surface area contributed by atoms with Gasteiger partial charge in [0.2, 0.25) is 6.41 Å². The molecule has 0 radical (unpaired) electrons. The number of hydrogen-bond donors (Lipinski definition) is 2. The number of rotatable bonds is 4. The molecule has 1 aromatic rings. The lowest BCUT2D eigenvalue weighted by Crippen LogP contribution is -2.44. The molecule has 0 spiro atoms. The van der Waals surface area contributed by atoms with E-state index in [1.54, 1.807) is 12.1 Å². The molecular weight excluding hydrogens is 282 g/mol. The molecule has 2 atom stereocenters. The zero-order valence-electron chi connectivity index (χ0n) is 10.8. The third kappa shape index (κ3) is 3.14. The highest BCUT2D eigenvalue weighted by Gasteiger charge is 2.32. The Labute approximate surface area is 117 Å². The number of hydrogen-bond acceptors (Lipinski definition) is 5. The number of sulfonamides is 1. The van der Waals surface area contributed by atoms with Crippen molar-refractivity contribution in [3.63, 3.8) is 0 Å². The molecule has 0 aliphatic carbocycles. The molecule has 0 saturated carbocycles. The Morgan fingerprint density at radius 3 is 2.90 bits per heavy atom. The van der Waals surface area contributed by atoms with E-state index in [0.717, 1.165) is 0 Å². The topological polar surface area (TPSA) is 99.6 Å². The Bertz CT molecular complexity index is 549. The number of nitrogens with zero attached hydrogens (tertiary/aromatic N) is 2. The first-order valence-electron chi connectivity index (χ1n) is 6.34. The fourth-order valence-electron chi connectivity index (χ4n) is 2.24. The number of pyridine rings is 1. The highest BCUT2D eigenvalue weighted by atomic mass is 32.2. The summed E-state index contributed by atoms with van der Waals surface area (Å²) in [6.07, 6.45) is 2.11. The monoisotopic (exact) mass is 299 g/mol. The van der Waals surface area contributed by atoms with Gasteiger partial charge >= 0.3 is 0 Å². The Kier molecular flexibility index (Phi) is 4.69. The van der Waals surface area contributed by atoms with Gasteiger partial charge in [-0.25, -0.2) is 13.4 Å². The molecule has 2 unspecified atom stereocenters. The van der Waals surface area contributed by atoms with E-state index in [1.165, 1.54) is 16.6 Å². The molecule has 1 aliphatic rings. The summed E-state index contributed by atoms with van der Waals surface area (Å²) in [5, 5.41) is 12.5. The van der Waals surface area contributed by atoms with Gasteiger partial charge in [0.1, 0.15) is 0 Å². The molecule has 0 bridgehead atoms. The number of carbonyl (C=O) groups is 1. The van der Waals surface area contributed by atoms with Crippen LogP contribution < -0.4 is 5.32 Å². The van der Waals surface area contributed by atoms with Gasteiger partial charge in [-0.05, 0) is 25.0 Å². The smallest absolute Gasteiger partial charge is 0.260 e. The van der Waals surface area contributed by atoms with Crippen molar-refractivity contribution in [1.29, 1.82) is 0 Å². The van der Waals surface area contributed by atoms with E-state index in [-0.39, 0.29) is 11.6 Å². The van der Waals surface area contributed by atoms with Gasteiger partial charge in [0.05, 0.1) is 12.1 Å². The van der Waals surface area contributed by atoms with Crippen LogP contribution in [0.5, 0.6) is 0 Å². The van der Waals surface area contributed by atoms with Gasteiger partial charge in [-0.15, -0.1) is 0 Å². The molecule has 2 heterocycles. The van der Waals surface area contributed by atoms with Crippen LogP contribution in [-0.2, 0) is 14.8 Å². The third-order valence-corrected chi connectivity index (χ3v) is 5.08. The van der Waals surface area contributed by atoms with Crippen molar-refractivity contribution in [3.8, 4) is 0 Å². The summed E-state index contributed by atoms with van der Waals surface area (Å²) in [5.41, 5.74) is 0. The molecule has 0 aromatic carbocycles. The van der Waals surface area contributed by atoms with E-state index >= 15 is 0 Å². The van der Waals surface area contributed by atoms with Crippen molar-refractivity contribution in [2.45, 2.75) is 30.0 Å². The molecule has 1 saturated heterocycles.